The van der Waals surface area contributed by atoms with Gasteiger partial charge >= 0.3 is 6.09 Å². The van der Waals surface area contributed by atoms with Crippen LogP contribution >= 0.6 is 15.9 Å². The number of benzene rings is 2. The lowest BCUT2D eigenvalue weighted by Crippen LogP contribution is -2.23. The van der Waals surface area contributed by atoms with E-state index in [-0.39, 0.29) is 11.9 Å². The molecule has 0 saturated carbocycles. The first-order valence-corrected chi connectivity index (χ1v) is 7.96. The Balaban J connectivity index is 1.80. The number of cyclic esters (lactones) is 1. The summed E-state index contributed by atoms with van der Waals surface area (Å²) >= 11 is 3.44. The number of nitrogens with zero attached hydrogens (tertiary/aromatic N) is 1. The van der Waals surface area contributed by atoms with E-state index in [1.807, 2.05) is 24.3 Å². The Bertz CT molecular complexity index is 785. The molecule has 3 rings (SSSR count). The van der Waals surface area contributed by atoms with Crippen molar-refractivity contribution in [2.24, 2.45) is 0 Å². The molecule has 0 spiro atoms. The monoisotopic (exact) mass is 371 g/mol. The summed E-state index contributed by atoms with van der Waals surface area (Å²) in [4.78, 5) is 25.5. The van der Waals surface area contributed by atoms with E-state index in [1.165, 1.54) is 11.0 Å². The summed E-state index contributed by atoms with van der Waals surface area (Å²) in [5.41, 5.74) is 2.14. The third-order valence-corrected chi connectivity index (χ3v) is 4.24. The number of rotatable bonds is 4. The molecule has 0 aromatic heterocycles. The molecule has 1 aliphatic rings. The zero-order chi connectivity index (χ0) is 16.2. The molecule has 5 heteroatoms. The van der Waals surface area contributed by atoms with Crippen molar-refractivity contribution >= 4 is 39.6 Å². The molecule has 1 aliphatic heterocycles. The average molecular weight is 372 g/mol. The van der Waals surface area contributed by atoms with E-state index >= 15 is 0 Å². The Kier molecular flexibility index (Phi) is 4.57. The number of anilines is 1. The van der Waals surface area contributed by atoms with Crippen LogP contribution in [0.3, 0.4) is 0 Å². The molecule has 4 nitrogen and oxygen atoms in total. The molecule has 2 aromatic carbocycles. The van der Waals surface area contributed by atoms with Gasteiger partial charge in [-0.05, 0) is 35.9 Å². The fourth-order valence-electron chi connectivity index (χ4n) is 2.33. The van der Waals surface area contributed by atoms with Gasteiger partial charge in [0.25, 0.3) is 0 Å². The van der Waals surface area contributed by atoms with Gasteiger partial charge in [-0.15, -0.1) is 0 Å². The Morgan fingerprint density at radius 2 is 2.00 bits per heavy atom. The zero-order valence-electron chi connectivity index (χ0n) is 12.2. The van der Waals surface area contributed by atoms with Gasteiger partial charge in [0, 0.05) is 15.7 Å². The number of halogens is 1. The van der Waals surface area contributed by atoms with Gasteiger partial charge in [0.05, 0.1) is 6.54 Å². The van der Waals surface area contributed by atoms with E-state index in [9.17, 15) is 9.59 Å². The maximum atomic E-state index is 12.3. The lowest BCUT2D eigenvalue weighted by Gasteiger charge is -2.13. The smallest absolute Gasteiger partial charge is 0.414 e. The van der Waals surface area contributed by atoms with Crippen molar-refractivity contribution in [2.45, 2.75) is 0 Å². The predicted molar refractivity (Wildman–Crippen MR) is 92.6 cm³/mol. The fraction of sp³-hybridized carbons (Fsp3) is 0.111. The third kappa shape index (κ3) is 3.51. The normalized spacial score (nSPS) is 14.3. The van der Waals surface area contributed by atoms with Gasteiger partial charge in [-0.3, -0.25) is 9.69 Å². The van der Waals surface area contributed by atoms with Crippen LogP contribution in [0, 0.1) is 0 Å². The SMILES string of the molecule is O=C(/C=C/c1ccccc1Br)c1cccc(N2CCOC2=O)c1. The van der Waals surface area contributed by atoms with Crippen LogP contribution in [0.15, 0.2) is 59.1 Å². The quantitative estimate of drug-likeness (QED) is 0.594. The fourth-order valence-corrected chi connectivity index (χ4v) is 2.74. The summed E-state index contributed by atoms with van der Waals surface area (Å²) in [6.45, 7) is 0.877. The molecule has 1 saturated heterocycles. The van der Waals surface area contributed by atoms with E-state index in [2.05, 4.69) is 15.9 Å². The van der Waals surface area contributed by atoms with Crippen LogP contribution in [0.5, 0.6) is 0 Å². The highest BCUT2D eigenvalue weighted by atomic mass is 79.9. The van der Waals surface area contributed by atoms with Gasteiger partial charge in [0.15, 0.2) is 5.78 Å². The predicted octanol–water partition coefficient (Wildman–Crippen LogP) is 4.30. The topological polar surface area (TPSA) is 46.6 Å². The lowest BCUT2D eigenvalue weighted by atomic mass is 10.1. The van der Waals surface area contributed by atoms with E-state index in [0.717, 1.165) is 10.0 Å². The minimum Gasteiger partial charge on any atom is -0.447 e. The second-order valence-corrected chi connectivity index (χ2v) is 5.89. The molecule has 1 fully saturated rings. The average Bonchev–Trinajstić information content (AvgIpc) is 3.00. The number of hydrogen-bond acceptors (Lipinski definition) is 3. The molecule has 23 heavy (non-hydrogen) atoms. The van der Waals surface area contributed by atoms with E-state index in [4.69, 9.17) is 4.74 Å². The summed E-state index contributed by atoms with van der Waals surface area (Å²) in [5.74, 6) is -0.116. The van der Waals surface area contributed by atoms with Crippen LogP contribution in [0.2, 0.25) is 0 Å². The van der Waals surface area contributed by atoms with Crippen LogP contribution in [0.25, 0.3) is 6.08 Å². The summed E-state index contributed by atoms with van der Waals surface area (Å²) < 4.78 is 5.85. The Morgan fingerprint density at radius 3 is 2.74 bits per heavy atom. The maximum absolute atomic E-state index is 12.3. The standard InChI is InChI=1S/C18H14BrNO3/c19-16-7-2-1-4-13(16)8-9-17(21)14-5-3-6-15(12-14)20-10-11-23-18(20)22/h1-9,12H,10-11H2/b9-8+. The number of carbonyl (C=O) groups excluding carboxylic acids is 2. The molecule has 0 unspecified atom stereocenters. The van der Waals surface area contributed by atoms with Crippen molar-refractivity contribution in [3.8, 4) is 0 Å². The van der Waals surface area contributed by atoms with Crippen LogP contribution in [0.1, 0.15) is 15.9 Å². The Hall–Kier alpha value is -2.40. The van der Waals surface area contributed by atoms with Crippen LogP contribution in [0.4, 0.5) is 10.5 Å². The summed E-state index contributed by atoms with van der Waals surface area (Å²) in [6, 6.07) is 14.7. The first-order chi connectivity index (χ1) is 11.1. The van der Waals surface area contributed by atoms with Gasteiger partial charge in [0.2, 0.25) is 0 Å². The highest BCUT2D eigenvalue weighted by Crippen LogP contribution is 2.21. The molecule has 1 amide bonds. The van der Waals surface area contributed by atoms with Gasteiger partial charge in [-0.1, -0.05) is 46.3 Å². The molecule has 0 N–H and O–H groups in total. The highest BCUT2D eigenvalue weighted by Gasteiger charge is 2.23. The van der Waals surface area contributed by atoms with Crippen LogP contribution in [-0.2, 0) is 4.74 Å². The number of ketones is 1. The molecular formula is C18H14BrNO3. The number of hydrogen-bond donors (Lipinski definition) is 0. The summed E-state index contributed by atoms with van der Waals surface area (Å²) in [5, 5.41) is 0. The number of allylic oxidation sites excluding steroid dienone is 1. The molecule has 116 valence electrons. The molecule has 0 bridgehead atoms. The van der Waals surface area contributed by atoms with Crippen molar-refractivity contribution < 1.29 is 14.3 Å². The first kappa shape index (κ1) is 15.5. The number of carbonyl (C=O) groups is 2. The second-order valence-electron chi connectivity index (χ2n) is 5.04. The van der Waals surface area contributed by atoms with E-state index in [1.54, 1.807) is 30.3 Å². The molecule has 2 aromatic rings. The zero-order valence-corrected chi connectivity index (χ0v) is 13.8. The van der Waals surface area contributed by atoms with Gasteiger partial charge in [-0.2, -0.15) is 0 Å². The Morgan fingerprint density at radius 1 is 1.17 bits per heavy atom. The van der Waals surface area contributed by atoms with Gasteiger partial charge < -0.3 is 4.74 Å². The minimum absolute atomic E-state index is 0.116. The van der Waals surface area contributed by atoms with Crippen molar-refractivity contribution in [1.29, 1.82) is 0 Å². The first-order valence-electron chi connectivity index (χ1n) is 7.16. The molecule has 0 aliphatic carbocycles. The lowest BCUT2D eigenvalue weighted by molar-refractivity contribution is 0.104. The third-order valence-electron chi connectivity index (χ3n) is 3.52. The molecule has 1 heterocycles. The summed E-state index contributed by atoms with van der Waals surface area (Å²) in [6.07, 6.45) is 2.92. The van der Waals surface area contributed by atoms with Crippen LogP contribution < -0.4 is 4.90 Å². The van der Waals surface area contributed by atoms with Crippen molar-refractivity contribution in [2.75, 3.05) is 18.1 Å². The van der Waals surface area contributed by atoms with Gasteiger partial charge in [0.1, 0.15) is 6.61 Å². The Labute approximate surface area is 142 Å². The number of amides is 1. The minimum atomic E-state index is -0.377. The van der Waals surface area contributed by atoms with E-state index in [0.29, 0.717) is 24.4 Å². The van der Waals surface area contributed by atoms with Crippen LogP contribution in [-0.4, -0.2) is 25.0 Å². The van der Waals surface area contributed by atoms with Crippen molar-refractivity contribution in [3.63, 3.8) is 0 Å². The van der Waals surface area contributed by atoms with E-state index < -0.39 is 0 Å². The number of ether oxygens (including phenoxy) is 1. The molecule has 0 atom stereocenters. The summed E-state index contributed by atoms with van der Waals surface area (Å²) in [7, 11) is 0. The molecular weight excluding hydrogens is 358 g/mol. The van der Waals surface area contributed by atoms with Gasteiger partial charge in [-0.25, -0.2) is 4.79 Å². The van der Waals surface area contributed by atoms with Crippen molar-refractivity contribution in [3.05, 3.63) is 70.2 Å². The largest absolute Gasteiger partial charge is 0.447 e. The highest BCUT2D eigenvalue weighted by molar-refractivity contribution is 9.10. The maximum Gasteiger partial charge on any atom is 0.414 e. The molecule has 0 radical (unpaired) electrons. The second kappa shape index (κ2) is 6.79. The van der Waals surface area contributed by atoms with Crippen molar-refractivity contribution in [1.82, 2.24) is 0 Å².